The van der Waals surface area contributed by atoms with Gasteiger partial charge in [0.05, 0.1) is 24.3 Å². The van der Waals surface area contributed by atoms with Gasteiger partial charge in [-0.3, -0.25) is 9.59 Å². The molecule has 108 valence electrons. The normalized spacial score (nSPS) is 27.1. The Morgan fingerprint density at radius 1 is 1.45 bits per heavy atom. The summed E-state index contributed by atoms with van der Waals surface area (Å²) in [5, 5.41) is 3.97. The Morgan fingerprint density at radius 3 is 3.00 bits per heavy atom. The first-order valence-corrected chi connectivity index (χ1v) is 7.82. The molecule has 2 fully saturated rings. The first-order valence-electron chi connectivity index (χ1n) is 6.87. The molecule has 2 amide bonds. The first-order chi connectivity index (χ1) is 9.66. The molecule has 0 bridgehead atoms. The second-order valence-electron chi connectivity index (χ2n) is 5.24. The number of carbonyl (C=O) groups excluding carboxylic acids is 2. The number of fused-ring (bicyclic) bond motifs is 1. The molecule has 2 aliphatic rings. The van der Waals surface area contributed by atoms with Gasteiger partial charge in [-0.2, -0.15) is 11.3 Å². The van der Waals surface area contributed by atoms with Crippen LogP contribution in [0.15, 0.2) is 16.8 Å². The van der Waals surface area contributed by atoms with Crippen molar-refractivity contribution in [2.24, 2.45) is 5.92 Å². The van der Waals surface area contributed by atoms with Crippen LogP contribution < -0.4 is 4.90 Å². The van der Waals surface area contributed by atoms with E-state index in [9.17, 15) is 9.59 Å². The van der Waals surface area contributed by atoms with Gasteiger partial charge < -0.3 is 14.5 Å². The van der Waals surface area contributed by atoms with Crippen molar-refractivity contribution in [3.8, 4) is 0 Å². The first kappa shape index (κ1) is 13.6. The van der Waals surface area contributed by atoms with Crippen molar-refractivity contribution >= 4 is 28.8 Å². The maximum atomic E-state index is 12.7. The highest BCUT2D eigenvalue weighted by Crippen LogP contribution is 2.29. The van der Waals surface area contributed by atoms with Crippen LogP contribution in [0, 0.1) is 5.92 Å². The second-order valence-corrected chi connectivity index (χ2v) is 6.02. The summed E-state index contributed by atoms with van der Waals surface area (Å²) in [5.74, 6) is 0.0561. The van der Waals surface area contributed by atoms with Gasteiger partial charge in [-0.05, 0) is 17.9 Å². The summed E-state index contributed by atoms with van der Waals surface area (Å²) < 4.78 is 5.83. The van der Waals surface area contributed by atoms with Crippen molar-refractivity contribution in [1.82, 2.24) is 4.90 Å². The SMILES string of the molecule is CC(=O)N1CC[C@H]2C(=O)N(c3ccsc3)CCO[C@H]2C1. The highest BCUT2D eigenvalue weighted by Gasteiger charge is 2.40. The summed E-state index contributed by atoms with van der Waals surface area (Å²) >= 11 is 1.59. The molecule has 0 spiro atoms. The lowest BCUT2D eigenvalue weighted by Crippen LogP contribution is -2.50. The van der Waals surface area contributed by atoms with E-state index >= 15 is 0 Å². The molecule has 1 aromatic rings. The van der Waals surface area contributed by atoms with Gasteiger partial charge in [-0.25, -0.2) is 0 Å². The van der Waals surface area contributed by atoms with Crippen LogP contribution in [0.25, 0.3) is 0 Å². The number of rotatable bonds is 1. The van der Waals surface area contributed by atoms with Crippen molar-refractivity contribution in [3.63, 3.8) is 0 Å². The average Bonchev–Trinajstić information content (AvgIpc) is 2.91. The van der Waals surface area contributed by atoms with Gasteiger partial charge in [0.1, 0.15) is 0 Å². The van der Waals surface area contributed by atoms with E-state index < -0.39 is 0 Å². The van der Waals surface area contributed by atoms with Gasteiger partial charge in [0, 0.05) is 31.9 Å². The van der Waals surface area contributed by atoms with E-state index in [0.717, 1.165) is 5.69 Å². The third kappa shape index (κ3) is 2.45. The topological polar surface area (TPSA) is 49.9 Å². The molecule has 5 nitrogen and oxygen atoms in total. The number of ether oxygens (including phenoxy) is 1. The van der Waals surface area contributed by atoms with Crippen LogP contribution in [-0.4, -0.2) is 49.1 Å². The van der Waals surface area contributed by atoms with Gasteiger partial charge in [0.25, 0.3) is 0 Å². The minimum absolute atomic E-state index is 0.0541. The van der Waals surface area contributed by atoms with Crippen molar-refractivity contribution in [1.29, 1.82) is 0 Å². The average molecular weight is 294 g/mol. The predicted molar refractivity (Wildman–Crippen MR) is 76.8 cm³/mol. The number of anilines is 1. The third-order valence-corrected chi connectivity index (χ3v) is 4.72. The van der Waals surface area contributed by atoms with E-state index in [1.165, 1.54) is 0 Å². The van der Waals surface area contributed by atoms with Crippen LogP contribution in [0.1, 0.15) is 13.3 Å². The molecule has 0 unspecified atom stereocenters. The highest BCUT2D eigenvalue weighted by molar-refractivity contribution is 7.08. The van der Waals surface area contributed by atoms with Gasteiger partial charge in [-0.1, -0.05) is 0 Å². The zero-order valence-corrected chi connectivity index (χ0v) is 12.3. The lowest BCUT2D eigenvalue weighted by molar-refractivity contribution is -0.139. The summed E-state index contributed by atoms with van der Waals surface area (Å²) in [4.78, 5) is 27.8. The molecule has 2 atom stereocenters. The molecule has 2 saturated heterocycles. The fraction of sp³-hybridized carbons (Fsp3) is 0.571. The minimum Gasteiger partial charge on any atom is -0.374 e. The van der Waals surface area contributed by atoms with Crippen LogP contribution in [-0.2, 0) is 14.3 Å². The van der Waals surface area contributed by atoms with E-state index in [-0.39, 0.29) is 23.8 Å². The Kier molecular flexibility index (Phi) is 3.76. The molecule has 3 heterocycles. The van der Waals surface area contributed by atoms with Gasteiger partial charge in [0.2, 0.25) is 11.8 Å². The summed E-state index contributed by atoms with van der Waals surface area (Å²) in [6.45, 7) is 3.85. The predicted octanol–water partition coefficient (Wildman–Crippen LogP) is 1.35. The largest absolute Gasteiger partial charge is 0.374 e. The van der Waals surface area contributed by atoms with Crippen molar-refractivity contribution in [3.05, 3.63) is 16.8 Å². The molecule has 0 saturated carbocycles. The molecule has 20 heavy (non-hydrogen) atoms. The molecule has 2 aliphatic heterocycles. The van der Waals surface area contributed by atoms with Crippen molar-refractivity contribution < 1.29 is 14.3 Å². The summed E-state index contributed by atoms with van der Waals surface area (Å²) in [5.41, 5.74) is 0.957. The maximum Gasteiger partial charge on any atom is 0.232 e. The molecule has 1 aromatic heterocycles. The Morgan fingerprint density at radius 2 is 2.30 bits per heavy atom. The minimum atomic E-state index is -0.163. The van der Waals surface area contributed by atoms with Crippen LogP contribution in [0.4, 0.5) is 5.69 Å². The Hall–Kier alpha value is -1.40. The van der Waals surface area contributed by atoms with Gasteiger partial charge in [-0.15, -0.1) is 0 Å². The molecular weight excluding hydrogens is 276 g/mol. The molecule has 0 N–H and O–H groups in total. The Balaban J connectivity index is 1.78. The fourth-order valence-corrected chi connectivity index (χ4v) is 3.57. The van der Waals surface area contributed by atoms with E-state index in [1.54, 1.807) is 23.2 Å². The number of carbonyl (C=O) groups is 2. The number of nitrogens with zero attached hydrogens (tertiary/aromatic N) is 2. The quantitative estimate of drug-likeness (QED) is 0.785. The Bertz CT molecular complexity index is 503. The second kappa shape index (κ2) is 5.54. The van der Waals surface area contributed by atoms with E-state index in [2.05, 4.69) is 0 Å². The third-order valence-electron chi connectivity index (χ3n) is 4.05. The van der Waals surface area contributed by atoms with E-state index in [1.807, 2.05) is 21.7 Å². The number of hydrogen-bond acceptors (Lipinski definition) is 4. The molecule has 0 aromatic carbocycles. The maximum absolute atomic E-state index is 12.7. The molecule has 0 aliphatic carbocycles. The fourth-order valence-electron chi connectivity index (χ4n) is 2.93. The lowest BCUT2D eigenvalue weighted by atomic mass is 9.92. The molecule has 6 heteroatoms. The van der Waals surface area contributed by atoms with Crippen LogP contribution in [0.2, 0.25) is 0 Å². The smallest absolute Gasteiger partial charge is 0.232 e. The van der Waals surface area contributed by atoms with Crippen LogP contribution in [0.3, 0.4) is 0 Å². The molecule has 3 rings (SSSR count). The summed E-state index contributed by atoms with van der Waals surface area (Å²) in [7, 11) is 0. The highest BCUT2D eigenvalue weighted by atomic mass is 32.1. The lowest BCUT2D eigenvalue weighted by Gasteiger charge is -2.36. The van der Waals surface area contributed by atoms with Crippen molar-refractivity contribution in [2.45, 2.75) is 19.4 Å². The monoisotopic (exact) mass is 294 g/mol. The summed E-state index contributed by atoms with van der Waals surface area (Å²) in [6.07, 6.45) is 0.521. The number of thiophene rings is 1. The zero-order valence-electron chi connectivity index (χ0n) is 11.4. The van der Waals surface area contributed by atoms with Crippen LogP contribution in [0.5, 0.6) is 0 Å². The molecular formula is C14H18N2O3S. The van der Waals surface area contributed by atoms with Gasteiger partial charge in [0.15, 0.2) is 0 Å². The van der Waals surface area contributed by atoms with Crippen LogP contribution >= 0.6 is 11.3 Å². The summed E-state index contributed by atoms with van der Waals surface area (Å²) in [6, 6.07) is 1.97. The van der Waals surface area contributed by atoms with Crippen molar-refractivity contribution in [2.75, 3.05) is 31.1 Å². The number of likely N-dealkylation sites (tertiary alicyclic amines) is 1. The standard InChI is InChI=1S/C14H18N2O3S/c1-10(17)15-4-2-12-13(8-15)19-6-5-16(14(12)18)11-3-7-20-9-11/h3,7,9,12-13H,2,4-6,8H2,1H3/t12-,13+/m1/s1. The van der Waals surface area contributed by atoms with Gasteiger partial charge >= 0.3 is 0 Å². The number of piperidine rings is 1. The number of amides is 2. The zero-order chi connectivity index (χ0) is 14.1. The van der Waals surface area contributed by atoms with E-state index in [4.69, 9.17) is 4.74 Å². The molecule has 0 radical (unpaired) electrons. The Labute approximate surface area is 122 Å². The van der Waals surface area contributed by atoms with E-state index in [0.29, 0.717) is 32.7 Å². The number of hydrogen-bond donors (Lipinski definition) is 0.